The number of thiazole rings is 1. The largest absolute Gasteiger partial charge is 0.298 e. The molecule has 7 heteroatoms. The number of halogens is 1. The van der Waals surface area contributed by atoms with Crippen molar-refractivity contribution < 1.29 is 9.63 Å². The number of aromatic nitrogens is 2. The predicted molar refractivity (Wildman–Crippen MR) is 59.9 cm³/mol. The first-order chi connectivity index (χ1) is 7.15. The van der Waals surface area contributed by atoms with Crippen molar-refractivity contribution in [3.05, 3.63) is 21.9 Å². The van der Waals surface area contributed by atoms with Gasteiger partial charge in [0.15, 0.2) is 10.7 Å². The maximum absolute atomic E-state index is 11.8. The minimum Gasteiger partial charge on any atom is -0.284 e. The van der Waals surface area contributed by atoms with E-state index in [2.05, 4.69) is 20.9 Å². The number of hydrogen-bond acceptors (Lipinski definition) is 4. The summed E-state index contributed by atoms with van der Waals surface area (Å²) in [5.74, 6) is -0.278. The first-order valence-corrected chi connectivity index (χ1v) is 5.75. The zero-order chi connectivity index (χ0) is 11.0. The molecule has 0 bridgehead atoms. The van der Waals surface area contributed by atoms with Gasteiger partial charge in [0.2, 0.25) is 0 Å². The molecule has 0 aromatic carbocycles. The molecule has 0 aliphatic heterocycles. The summed E-state index contributed by atoms with van der Waals surface area (Å²) in [4.78, 5) is 21.6. The van der Waals surface area contributed by atoms with E-state index in [0.717, 1.165) is 10.0 Å². The second-order valence-electron chi connectivity index (χ2n) is 2.79. The Balaban J connectivity index is 2.47. The fourth-order valence-corrected chi connectivity index (χ4v) is 2.50. The maximum Gasteiger partial charge on any atom is 0.298 e. The molecule has 0 spiro atoms. The van der Waals surface area contributed by atoms with E-state index in [-0.39, 0.29) is 5.91 Å². The van der Waals surface area contributed by atoms with Crippen molar-refractivity contribution in [3.63, 3.8) is 0 Å². The SMILES string of the molecule is CON(C)C(=O)c1nc2sccn2c1Br. The minimum atomic E-state index is -0.278. The summed E-state index contributed by atoms with van der Waals surface area (Å²) in [6.07, 6.45) is 1.85. The normalized spacial score (nSPS) is 10.9. The molecule has 1 amide bonds. The Labute approximate surface area is 98.4 Å². The second-order valence-corrected chi connectivity index (χ2v) is 4.42. The van der Waals surface area contributed by atoms with Gasteiger partial charge in [0, 0.05) is 18.6 Å². The fraction of sp³-hybridized carbons (Fsp3) is 0.250. The Morgan fingerprint density at radius 2 is 2.47 bits per heavy atom. The highest BCUT2D eigenvalue weighted by Crippen LogP contribution is 2.23. The predicted octanol–water partition coefficient (Wildman–Crippen LogP) is 1.79. The number of imidazole rings is 1. The summed E-state index contributed by atoms with van der Waals surface area (Å²) >= 11 is 4.80. The molecule has 0 aliphatic carbocycles. The van der Waals surface area contributed by atoms with Crippen LogP contribution in [-0.4, -0.2) is 34.5 Å². The third kappa shape index (κ3) is 1.66. The van der Waals surface area contributed by atoms with Gasteiger partial charge in [-0.3, -0.25) is 14.0 Å². The Morgan fingerprint density at radius 3 is 3.07 bits per heavy atom. The van der Waals surface area contributed by atoms with Crippen molar-refractivity contribution in [3.8, 4) is 0 Å². The lowest BCUT2D eigenvalue weighted by Gasteiger charge is -2.11. The molecule has 0 saturated heterocycles. The molecule has 0 unspecified atom stereocenters. The molecule has 0 fully saturated rings. The molecule has 0 radical (unpaired) electrons. The molecule has 0 aliphatic rings. The topological polar surface area (TPSA) is 46.8 Å². The zero-order valence-electron chi connectivity index (χ0n) is 8.10. The number of nitrogens with zero attached hydrogens (tertiary/aromatic N) is 3. The van der Waals surface area contributed by atoms with Crippen LogP contribution in [0.1, 0.15) is 10.5 Å². The van der Waals surface area contributed by atoms with Crippen LogP contribution in [0.3, 0.4) is 0 Å². The molecule has 15 heavy (non-hydrogen) atoms. The minimum absolute atomic E-state index is 0.278. The van der Waals surface area contributed by atoms with Crippen LogP contribution in [0.5, 0.6) is 0 Å². The number of carbonyl (C=O) groups is 1. The van der Waals surface area contributed by atoms with Gasteiger partial charge in [-0.25, -0.2) is 10.0 Å². The van der Waals surface area contributed by atoms with E-state index < -0.39 is 0 Å². The van der Waals surface area contributed by atoms with Crippen molar-refractivity contribution in [2.75, 3.05) is 14.2 Å². The smallest absolute Gasteiger partial charge is 0.284 e. The first-order valence-electron chi connectivity index (χ1n) is 4.08. The van der Waals surface area contributed by atoms with E-state index in [9.17, 15) is 4.79 Å². The van der Waals surface area contributed by atoms with Gasteiger partial charge in [0.25, 0.3) is 5.91 Å². The molecular weight excluding hydrogens is 282 g/mol. The van der Waals surface area contributed by atoms with Gasteiger partial charge < -0.3 is 0 Å². The molecule has 0 N–H and O–H groups in total. The first kappa shape index (κ1) is 10.6. The summed E-state index contributed by atoms with van der Waals surface area (Å²) < 4.78 is 2.45. The summed E-state index contributed by atoms with van der Waals surface area (Å²) in [5, 5.41) is 3.04. The van der Waals surface area contributed by atoms with Crippen LogP contribution in [-0.2, 0) is 4.84 Å². The van der Waals surface area contributed by atoms with Gasteiger partial charge in [-0.15, -0.1) is 11.3 Å². The highest BCUT2D eigenvalue weighted by atomic mass is 79.9. The quantitative estimate of drug-likeness (QED) is 0.792. The summed E-state index contributed by atoms with van der Waals surface area (Å²) in [5.41, 5.74) is 0.353. The zero-order valence-corrected chi connectivity index (χ0v) is 10.5. The highest BCUT2D eigenvalue weighted by Gasteiger charge is 2.20. The van der Waals surface area contributed by atoms with E-state index in [0.29, 0.717) is 10.3 Å². The number of rotatable bonds is 2. The molecule has 2 heterocycles. The van der Waals surface area contributed by atoms with Crippen LogP contribution in [0.25, 0.3) is 4.96 Å². The van der Waals surface area contributed by atoms with Gasteiger partial charge in [-0.1, -0.05) is 0 Å². The van der Waals surface area contributed by atoms with E-state index >= 15 is 0 Å². The van der Waals surface area contributed by atoms with Crippen LogP contribution in [0.2, 0.25) is 0 Å². The molecule has 80 valence electrons. The Kier molecular flexibility index (Phi) is 2.76. The van der Waals surface area contributed by atoms with E-state index in [4.69, 9.17) is 4.84 Å². The number of fused-ring (bicyclic) bond motifs is 1. The lowest BCUT2D eigenvalue weighted by atomic mass is 10.4. The van der Waals surface area contributed by atoms with Crippen LogP contribution in [0.4, 0.5) is 0 Å². The Morgan fingerprint density at radius 1 is 1.73 bits per heavy atom. The molecule has 2 rings (SSSR count). The summed E-state index contributed by atoms with van der Waals surface area (Å²) in [6, 6.07) is 0. The third-order valence-electron chi connectivity index (χ3n) is 1.97. The molecular formula is C8H8BrN3O2S. The van der Waals surface area contributed by atoms with E-state index in [1.54, 1.807) is 11.4 Å². The van der Waals surface area contributed by atoms with Crippen molar-refractivity contribution in [1.29, 1.82) is 0 Å². The van der Waals surface area contributed by atoms with Crippen LogP contribution in [0, 0.1) is 0 Å². The fourth-order valence-electron chi connectivity index (χ4n) is 1.13. The van der Waals surface area contributed by atoms with Gasteiger partial charge in [0.05, 0.1) is 7.11 Å². The monoisotopic (exact) mass is 289 g/mol. The van der Waals surface area contributed by atoms with Crippen molar-refractivity contribution in [2.24, 2.45) is 0 Å². The summed E-state index contributed by atoms with van der Waals surface area (Å²) in [7, 11) is 2.98. The van der Waals surface area contributed by atoms with Crippen LogP contribution < -0.4 is 0 Å². The van der Waals surface area contributed by atoms with E-state index in [1.807, 2.05) is 11.6 Å². The van der Waals surface area contributed by atoms with Crippen LogP contribution >= 0.6 is 27.3 Å². The molecule has 5 nitrogen and oxygen atoms in total. The van der Waals surface area contributed by atoms with Crippen molar-refractivity contribution in [1.82, 2.24) is 14.4 Å². The number of hydroxylamine groups is 2. The number of hydrogen-bond donors (Lipinski definition) is 0. The molecule has 2 aromatic rings. The lowest BCUT2D eigenvalue weighted by Crippen LogP contribution is -2.26. The highest BCUT2D eigenvalue weighted by molar-refractivity contribution is 9.10. The standard InChI is InChI=1S/C8H8BrN3O2S/c1-11(14-2)7(13)5-6(9)12-3-4-15-8(12)10-5/h3-4H,1-2H3. The molecule has 2 aromatic heterocycles. The number of carbonyl (C=O) groups excluding carboxylic acids is 1. The number of amides is 1. The average molecular weight is 290 g/mol. The lowest BCUT2D eigenvalue weighted by molar-refractivity contribution is -0.0760. The van der Waals surface area contributed by atoms with Crippen LogP contribution in [0.15, 0.2) is 16.2 Å². The van der Waals surface area contributed by atoms with Gasteiger partial charge in [-0.05, 0) is 15.9 Å². The van der Waals surface area contributed by atoms with Gasteiger partial charge in [-0.2, -0.15) is 0 Å². The Bertz CT molecular complexity index is 507. The van der Waals surface area contributed by atoms with Gasteiger partial charge >= 0.3 is 0 Å². The maximum atomic E-state index is 11.8. The Hall–Kier alpha value is -0.920. The van der Waals surface area contributed by atoms with Crippen molar-refractivity contribution in [2.45, 2.75) is 0 Å². The summed E-state index contributed by atoms with van der Waals surface area (Å²) in [6.45, 7) is 0. The molecule has 0 atom stereocenters. The van der Waals surface area contributed by atoms with Crippen molar-refractivity contribution >= 4 is 38.1 Å². The molecule has 0 saturated carbocycles. The third-order valence-corrected chi connectivity index (χ3v) is 3.48. The van der Waals surface area contributed by atoms with E-state index in [1.165, 1.54) is 18.4 Å². The average Bonchev–Trinajstić information content (AvgIpc) is 2.80. The second kappa shape index (κ2) is 3.92. The van der Waals surface area contributed by atoms with Gasteiger partial charge in [0.1, 0.15) is 4.60 Å².